The summed E-state index contributed by atoms with van der Waals surface area (Å²) in [6.45, 7) is 3.34. The van der Waals surface area contributed by atoms with Crippen LogP contribution in [0.5, 0.6) is 11.5 Å². The topological polar surface area (TPSA) is 89.5 Å². The minimum Gasteiger partial charge on any atom is -0.493 e. The van der Waals surface area contributed by atoms with Crippen LogP contribution in [0.25, 0.3) is 0 Å². The normalized spacial score (nSPS) is 10.7. The monoisotopic (exact) mass is 557 g/mol. The number of aryl methyl sites for hydroxylation is 1. The third-order valence-corrected chi connectivity index (χ3v) is 7.36. The van der Waals surface area contributed by atoms with Crippen LogP contribution in [0.4, 0.5) is 5.82 Å². The van der Waals surface area contributed by atoms with E-state index in [1.165, 1.54) is 0 Å². The number of anilines is 1. The number of nitrogens with zero attached hydrogens (tertiary/aromatic N) is 4. The fourth-order valence-corrected chi connectivity index (χ4v) is 4.86. The molecule has 0 aliphatic rings. The summed E-state index contributed by atoms with van der Waals surface area (Å²) in [7, 11) is 5.34. The van der Waals surface area contributed by atoms with Crippen molar-refractivity contribution in [1.29, 1.82) is 0 Å². The van der Waals surface area contributed by atoms with Crippen LogP contribution in [0.1, 0.15) is 39.7 Å². The van der Waals surface area contributed by atoms with Crippen LogP contribution in [0.3, 0.4) is 0 Å². The number of nitrogens with one attached hydrogen (secondary N) is 1. The third-order valence-electron chi connectivity index (χ3n) is 6.44. The zero-order chi connectivity index (χ0) is 28.3. The Kier molecular flexibility index (Phi) is 10.3. The van der Waals surface area contributed by atoms with E-state index >= 15 is 0 Å². The molecular weight excluding hydrogens is 522 g/mol. The van der Waals surface area contributed by atoms with Gasteiger partial charge in [-0.15, -0.1) is 0 Å². The SMILES string of the molecule is CCc1cc(N(C)CCc2ccc(OC)c(OC)c2)nc(SCc2ccc(C(=O)NCc3cccnc3)cc2)n1. The van der Waals surface area contributed by atoms with Crippen molar-refractivity contribution in [2.45, 2.75) is 37.2 Å². The summed E-state index contributed by atoms with van der Waals surface area (Å²) in [6, 6.07) is 19.5. The summed E-state index contributed by atoms with van der Waals surface area (Å²) in [5.74, 6) is 2.95. The van der Waals surface area contributed by atoms with Gasteiger partial charge in [-0.3, -0.25) is 9.78 Å². The van der Waals surface area contributed by atoms with Gasteiger partial charge in [0.15, 0.2) is 16.7 Å². The van der Waals surface area contributed by atoms with Crippen molar-refractivity contribution < 1.29 is 14.3 Å². The van der Waals surface area contributed by atoms with E-state index in [0.29, 0.717) is 17.9 Å². The molecule has 40 heavy (non-hydrogen) atoms. The quantitative estimate of drug-likeness (QED) is 0.174. The van der Waals surface area contributed by atoms with Crippen LogP contribution in [0, 0.1) is 0 Å². The summed E-state index contributed by atoms with van der Waals surface area (Å²) in [6.07, 6.45) is 5.13. The molecule has 0 bridgehead atoms. The van der Waals surface area contributed by atoms with Crippen molar-refractivity contribution in [1.82, 2.24) is 20.3 Å². The number of aromatic nitrogens is 3. The van der Waals surface area contributed by atoms with Crippen molar-refractivity contribution in [3.63, 3.8) is 0 Å². The van der Waals surface area contributed by atoms with Crippen molar-refractivity contribution in [2.24, 2.45) is 0 Å². The number of thioether (sulfide) groups is 1. The smallest absolute Gasteiger partial charge is 0.251 e. The number of likely N-dealkylation sites (N-methyl/N-ethyl adjacent to an activating group) is 1. The summed E-state index contributed by atoms with van der Waals surface area (Å²) < 4.78 is 10.8. The van der Waals surface area contributed by atoms with Gasteiger partial charge in [0, 0.05) is 55.6 Å². The lowest BCUT2D eigenvalue weighted by atomic mass is 10.1. The Bertz CT molecular complexity index is 1400. The van der Waals surface area contributed by atoms with Crippen molar-refractivity contribution in [3.05, 3.63) is 101 Å². The van der Waals surface area contributed by atoms with Gasteiger partial charge in [0.2, 0.25) is 0 Å². The number of pyridine rings is 1. The number of ether oxygens (including phenoxy) is 2. The van der Waals surface area contributed by atoms with E-state index in [2.05, 4.69) is 41.3 Å². The molecule has 8 nitrogen and oxygen atoms in total. The zero-order valence-corrected chi connectivity index (χ0v) is 24.2. The molecule has 2 aromatic heterocycles. The zero-order valence-electron chi connectivity index (χ0n) is 23.4. The lowest BCUT2D eigenvalue weighted by molar-refractivity contribution is 0.0951. The van der Waals surface area contributed by atoms with Crippen LogP contribution in [0.2, 0.25) is 0 Å². The van der Waals surface area contributed by atoms with Gasteiger partial charge in [0.1, 0.15) is 5.82 Å². The van der Waals surface area contributed by atoms with Crippen LogP contribution in [-0.4, -0.2) is 48.7 Å². The molecule has 0 aliphatic heterocycles. The van der Waals surface area contributed by atoms with Crippen molar-refractivity contribution in [2.75, 3.05) is 32.7 Å². The van der Waals surface area contributed by atoms with Gasteiger partial charge >= 0.3 is 0 Å². The number of hydrogen-bond acceptors (Lipinski definition) is 8. The molecule has 0 saturated heterocycles. The fraction of sp³-hybridized carbons (Fsp3) is 0.290. The molecule has 0 atom stereocenters. The first kappa shape index (κ1) is 28.9. The molecule has 4 aromatic rings. The molecule has 0 fully saturated rings. The minimum absolute atomic E-state index is 0.109. The predicted molar refractivity (Wildman–Crippen MR) is 159 cm³/mol. The summed E-state index contributed by atoms with van der Waals surface area (Å²) in [5, 5.41) is 3.67. The van der Waals surface area contributed by atoms with Crippen molar-refractivity contribution >= 4 is 23.5 Å². The molecule has 208 valence electrons. The summed E-state index contributed by atoms with van der Waals surface area (Å²) >= 11 is 1.59. The molecule has 9 heteroatoms. The first-order valence-corrected chi connectivity index (χ1v) is 14.2. The molecule has 4 rings (SSSR count). The van der Waals surface area contributed by atoms with Gasteiger partial charge in [0.05, 0.1) is 14.2 Å². The molecule has 0 aliphatic carbocycles. The molecule has 1 N–H and O–H groups in total. The Hall–Kier alpha value is -4.11. The highest BCUT2D eigenvalue weighted by Crippen LogP contribution is 2.28. The first-order chi connectivity index (χ1) is 19.5. The average molecular weight is 558 g/mol. The van der Waals surface area contributed by atoms with Crippen LogP contribution >= 0.6 is 11.8 Å². The maximum atomic E-state index is 12.5. The van der Waals surface area contributed by atoms with E-state index in [1.54, 1.807) is 38.4 Å². The van der Waals surface area contributed by atoms with E-state index in [-0.39, 0.29) is 5.91 Å². The number of benzene rings is 2. The number of amides is 1. The summed E-state index contributed by atoms with van der Waals surface area (Å²) in [5.41, 5.74) is 4.86. The predicted octanol–water partition coefficient (Wildman–Crippen LogP) is 5.35. The second kappa shape index (κ2) is 14.3. The van der Waals surface area contributed by atoms with Gasteiger partial charge in [-0.05, 0) is 59.9 Å². The fourth-order valence-electron chi connectivity index (χ4n) is 4.04. The molecule has 0 unspecified atom stereocenters. The maximum Gasteiger partial charge on any atom is 0.251 e. The van der Waals surface area contributed by atoms with E-state index < -0.39 is 0 Å². The first-order valence-electron chi connectivity index (χ1n) is 13.2. The van der Waals surface area contributed by atoms with Crippen LogP contribution in [0.15, 0.2) is 78.2 Å². The van der Waals surface area contributed by atoms with E-state index in [9.17, 15) is 4.79 Å². The Labute approximate surface area is 240 Å². The standard InChI is InChI=1S/C31H35N5O3S/c1-5-26-18-29(36(2)16-14-22-10-13-27(38-3)28(17-22)39-4)35-31(34-26)40-21-23-8-11-25(12-9-23)30(37)33-20-24-7-6-15-32-19-24/h6-13,15,17-19H,5,14,16,20-21H2,1-4H3,(H,33,37). The lowest BCUT2D eigenvalue weighted by Gasteiger charge is -2.20. The number of methoxy groups -OCH3 is 2. The minimum atomic E-state index is -0.109. The van der Waals surface area contributed by atoms with Gasteiger partial charge < -0.3 is 19.7 Å². The van der Waals surface area contributed by atoms with Crippen LogP contribution in [-0.2, 0) is 25.1 Å². The van der Waals surface area contributed by atoms with Gasteiger partial charge in [-0.1, -0.05) is 43.0 Å². The highest BCUT2D eigenvalue weighted by molar-refractivity contribution is 7.98. The molecule has 0 spiro atoms. The molecule has 1 amide bonds. The molecule has 0 saturated carbocycles. The van der Waals surface area contributed by atoms with Gasteiger partial charge in [-0.2, -0.15) is 0 Å². The van der Waals surface area contributed by atoms with E-state index in [0.717, 1.165) is 64.2 Å². The Morgan fingerprint density at radius 1 is 0.950 bits per heavy atom. The average Bonchev–Trinajstić information content (AvgIpc) is 3.01. The van der Waals surface area contributed by atoms with E-state index in [4.69, 9.17) is 19.4 Å². The largest absolute Gasteiger partial charge is 0.493 e. The molecule has 2 heterocycles. The van der Waals surface area contributed by atoms with Gasteiger partial charge in [-0.25, -0.2) is 9.97 Å². The van der Waals surface area contributed by atoms with Gasteiger partial charge in [0.25, 0.3) is 5.91 Å². The molecule has 2 aromatic carbocycles. The highest BCUT2D eigenvalue weighted by Gasteiger charge is 2.11. The number of hydrogen-bond donors (Lipinski definition) is 1. The lowest BCUT2D eigenvalue weighted by Crippen LogP contribution is -2.22. The number of carbonyl (C=O) groups excluding carboxylic acids is 1. The van der Waals surface area contributed by atoms with E-state index in [1.807, 2.05) is 48.5 Å². The third kappa shape index (κ3) is 7.95. The number of carbonyl (C=O) groups is 1. The Morgan fingerprint density at radius 2 is 1.73 bits per heavy atom. The second-order valence-electron chi connectivity index (χ2n) is 9.24. The number of rotatable bonds is 13. The highest BCUT2D eigenvalue weighted by atomic mass is 32.2. The summed E-state index contributed by atoms with van der Waals surface area (Å²) in [4.78, 5) is 28.3. The second-order valence-corrected chi connectivity index (χ2v) is 10.2. The Morgan fingerprint density at radius 3 is 2.42 bits per heavy atom. The Balaban J connectivity index is 1.34. The van der Waals surface area contributed by atoms with Crippen LogP contribution < -0.4 is 19.7 Å². The molecule has 0 radical (unpaired) electrons. The molecular formula is C31H35N5O3S. The maximum absolute atomic E-state index is 12.5. The van der Waals surface area contributed by atoms with Crippen molar-refractivity contribution in [3.8, 4) is 11.5 Å².